The second-order valence-electron chi connectivity index (χ2n) is 2.74. The number of aromatic amines is 1. The summed E-state index contributed by atoms with van der Waals surface area (Å²) in [7, 11) is 0. The summed E-state index contributed by atoms with van der Waals surface area (Å²) < 4.78 is 0. The Balaban J connectivity index is 2.09. The number of anilines is 1. The third-order valence-electron chi connectivity index (χ3n) is 1.60. The normalized spacial score (nSPS) is 10.1. The van der Waals surface area contributed by atoms with Gasteiger partial charge < -0.3 is 0 Å². The van der Waals surface area contributed by atoms with Crippen LogP contribution < -0.4 is 5.32 Å². The lowest BCUT2D eigenvalue weighted by Gasteiger charge is -1.96. The monoisotopic (exact) mass is 208 g/mol. The molecule has 14 heavy (non-hydrogen) atoms. The molecule has 5 nitrogen and oxygen atoms in total. The number of amides is 1. The maximum atomic E-state index is 11.5. The summed E-state index contributed by atoms with van der Waals surface area (Å²) in [6, 6.07) is 0. The van der Waals surface area contributed by atoms with Crippen molar-refractivity contribution in [2.24, 2.45) is 0 Å². The molecule has 0 aliphatic carbocycles. The highest BCUT2D eigenvalue weighted by atomic mass is 32.1. The molecule has 2 N–H and O–H groups in total. The van der Waals surface area contributed by atoms with Gasteiger partial charge >= 0.3 is 0 Å². The van der Waals surface area contributed by atoms with Gasteiger partial charge in [0.2, 0.25) is 0 Å². The van der Waals surface area contributed by atoms with Gasteiger partial charge in [-0.2, -0.15) is 5.10 Å². The largest absolute Gasteiger partial charge is 0.298 e. The van der Waals surface area contributed by atoms with Crippen LogP contribution in [0.5, 0.6) is 0 Å². The van der Waals surface area contributed by atoms with Gasteiger partial charge in [0.1, 0.15) is 0 Å². The Morgan fingerprint density at radius 1 is 1.64 bits per heavy atom. The van der Waals surface area contributed by atoms with Crippen molar-refractivity contribution in [3.8, 4) is 0 Å². The van der Waals surface area contributed by atoms with E-state index >= 15 is 0 Å². The van der Waals surface area contributed by atoms with Gasteiger partial charge in [-0.25, -0.2) is 4.98 Å². The molecule has 6 heteroatoms. The summed E-state index contributed by atoms with van der Waals surface area (Å²) in [6.07, 6.45) is 3.01. The van der Waals surface area contributed by atoms with Crippen LogP contribution in [0.15, 0.2) is 17.8 Å². The Labute approximate surface area is 84.2 Å². The topological polar surface area (TPSA) is 70.7 Å². The molecule has 2 heterocycles. The molecule has 0 aromatic carbocycles. The molecule has 0 aliphatic rings. The number of thiazole rings is 1. The van der Waals surface area contributed by atoms with Gasteiger partial charge in [0.05, 0.1) is 17.5 Å². The minimum atomic E-state index is -0.201. The third kappa shape index (κ3) is 1.80. The summed E-state index contributed by atoms with van der Waals surface area (Å²) in [6.45, 7) is 1.88. The van der Waals surface area contributed by atoms with E-state index in [9.17, 15) is 4.79 Å². The average Bonchev–Trinajstić information content (AvgIpc) is 2.75. The maximum Gasteiger partial charge on any atom is 0.260 e. The van der Waals surface area contributed by atoms with E-state index in [4.69, 9.17) is 0 Å². The van der Waals surface area contributed by atoms with Crippen LogP contribution in [0.3, 0.4) is 0 Å². The highest BCUT2D eigenvalue weighted by molar-refractivity contribution is 7.13. The first kappa shape index (κ1) is 8.89. The number of hydrogen-bond donors (Lipinski definition) is 2. The lowest BCUT2D eigenvalue weighted by molar-refractivity contribution is 0.102. The first-order valence-electron chi connectivity index (χ1n) is 3.98. The van der Waals surface area contributed by atoms with E-state index in [-0.39, 0.29) is 5.91 Å². The molecule has 0 saturated heterocycles. The fraction of sp³-hybridized carbons (Fsp3) is 0.125. The van der Waals surface area contributed by atoms with E-state index in [2.05, 4.69) is 20.5 Å². The summed E-state index contributed by atoms with van der Waals surface area (Å²) >= 11 is 1.40. The molecular weight excluding hydrogens is 200 g/mol. The van der Waals surface area contributed by atoms with Gasteiger partial charge in [-0.1, -0.05) is 0 Å². The van der Waals surface area contributed by atoms with Crippen molar-refractivity contribution < 1.29 is 4.79 Å². The predicted octanol–water partition coefficient (Wildman–Crippen LogP) is 1.43. The van der Waals surface area contributed by atoms with Gasteiger partial charge in [0, 0.05) is 11.6 Å². The van der Waals surface area contributed by atoms with Crippen LogP contribution in [0.2, 0.25) is 0 Å². The number of rotatable bonds is 2. The van der Waals surface area contributed by atoms with Gasteiger partial charge in [-0.3, -0.25) is 15.2 Å². The molecule has 0 unspecified atom stereocenters. The Hall–Kier alpha value is -1.69. The summed E-state index contributed by atoms with van der Waals surface area (Å²) in [5.74, 6) is -0.201. The lowest BCUT2D eigenvalue weighted by Crippen LogP contribution is -2.10. The summed E-state index contributed by atoms with van der Waals surface area (Å²) in [5.41, 5.74) is 1.40. The van der Waals surface area contributed by atoms with Gasteiger partial charge in [0.25, 0.3) is 5.91 Å². The fourth-order valence-corrected chi connectivity index (χ4v) is 1.64. The van der Waals surface area contributed by atoms with E-state index in [0.29, 0.717) is 10.7 Å². The molecule has 0 radical (unpaired) electrons. The lowest BCUT2D eigenvalue weighted by atomic mass is 10.3. The molecule has 0 bridgehead atoms. The molecule has 1 amide bonds. The zero-order valence-corrected chi connectivity index (χ0v) is 8.26. The molecule has 0 saturated carbocycles. The molecule has 2 aromatic rings. The van der Waals surface area contributed by atoms with E-state index in [1.807, 2.05) is 12.3 Å². The van der Waals surface area contributed by atoms with Gasteiger partial charge in [-0.05, 0) is 6.92 Å². The maximum absolute atomic E-state index is 11.5. The van der Waals surface area contributed by atoms with Gasteiger partial charge in [-0.15, -0.1) is 11.3 Å². The molecular formula is C8H8N4OS. The average molecular weight is 208 g/mol. The number of hydrogen-bond acceptors (Lipinski definition) is 4. The Morgan fingerprint density at radius 2 is 2.50 bits per heavy atom. The number of nitrogens with zero attached hydrogens (tertiary/aromatic N) is 2. The fourth-order valence-electron chi connectivity index (χ4n) is 0.956. The minimum Gasteiger partial charge on any atom is -0.298 e. The quantitative estimate of drug-likeness (QED) is 0.784. The standard InChI is InChI=1S/C8H8N4OS/c1-5-4-14-8(11-5)12-7(13)6-2-9-10-3-6/h2-4H,1H3,(H,9,10)(H,11,12,13). The number of H-pyrrole nitrogens is 1. The molecule has 0 fully saturated rings. The predicted molar refractivity (Wildman–Crippen MR) is 53.4 cm³/mol. The molecule has 72 valence electrons. The Morgan fingerprint density at radius 3 is 3.07 bits per heavy atom. The van der Waals surface area contributed by atoms with Crippen LogP contribution in [0.25, 0.3) is 0 Å². The number of nitrogens with one attached hydrogen (secondary N) is 2. The number of carbonyl (C=O) groups is 1. The molecule has 0 spiro atoms. The van der Waals surface area contributed by atoms with Crippen LogP contribution in [0.1, 0.15) is 16.1 Å². The van der Waals surface area contributed by atoms with Gasteiger partial charge in [0.15, 0.2) is 5.13 Å². The Bertz CT molecular complexity index is 434. The SMILES string of the molecule is Cc1csc(NC(=O)c2cn[nH]c2)n1. The van der Waals surface area contributed by atoms with E-state index in [0.717, 1.165) is 5.69 Å². The third-order valence-corrected chi connectivity index (χ3v) is 2.48. The zero-order chi connectivity index (χ0) is 9.97. The molecule has 2 aromatic heterocycles. The van der Waals surface area contributed by atoms with Crippen molar-refractivity contribution in [1.82, 2.24) is 15.2 Å². The molecule has 0 aliphatic heterocycles. The van der Waals surface area contributed by atoms with Crippen LogP contribution in [-0.4, -0.2) is 21.1 Å². The first-order valence-corrected chi connectivity index (χ1v) is 4.86. The van der Waals surface area contributed by atoms with Crippen LogP contribution >= 0.6 is 11.3 Å². The molecule has 0 atom stereocenters. The smallest absolute Gasteiger partial charge is 0.260 e. The summed E-state index contributed by atoms with van der Waals surface area (Å²) in [4.78, 5) is 15.6. The minimum absolute atomic E-state index is 0.201. The van der Waals surface area contributed by atoms with Crippen molar-refractivity contribution in [3.63, 3.8) is 0 Å². The van der Waals surface area contributed by atoms with Crippen LogP contribution in [0.4, 0.5) is 5.13 Å². The van der Waals surface area contributed by atoms with Crippen LogP contribution in [0, 0.1) is 6.92 Å². The molecule has 2 rings (SSSR count). The van der Waals surface area contributed by atoms with Crippen molar-refractivity contribution in [2.75, 3.05) is 5.32 Å². The van der Waals surface area contributed by atoms with Crippen molar-refractivity contribution in [1.29, 1.82) is 0 Å². The number of aromatic nitrogens is 3. The first-order chi connectivity index (χ1) is 6.75. The van der Waals surface area contributed by atoms with Crippen molar-refractivity contribution in [2.45, 2.75) is 6.92 Å². The summed E-state index contributed by atoms with van der Waals surface area (Å²) in [5, 5.41) is 11.4. The highest BCUT2D eigenvalue weighted by Gasteiger charge is 2.08. The number of carbonyl (C=O) groups excluding carboxylic acids is 1. The second-order valence-corrected chi connectivity index (χ2v) is 3.59. The Kier molecular flexibility index (Phi) is 2.28. The zero-order valence-electron chi connectivity index (χ0n) is 7.44. The van der Waals surface area contributed by atoms with Crippen molar-refractivity contribution in [3.05, 3.63) is 29.0 Å². The number of aryl methyl sites for hydroxylation is 1. The van der Waals surface area contributed by atoms with Crippen LogP contribution in [-0.2, 0) is 0 Å². The van der Waals surface area contributed by atoms with E-state index < -0.39 is 0 Å². The van der Waals surface area contributed by atoms with E-state index in [1.54, 1.807) is 0 Å². The van der Waals surface area contributed by atoms with Crippen molar-refractivity contribution >= 4 is 22.4 Å². The highest BCUT2D eigenvalue weighted by Crippen LogP contribution is 2.15. The van der Waals surface area contributed by atoms with E-state index in [1.165, 1.54) is 23.7 Å². The second kappa shape index (κ2) is 3.59.